The smallest absolute Gasteiger partial charge is 0.423 e. The van der Waals surface area contributed by atoms with Gasteiger partial charge in [0.05, 0.1) is 30.9 Å². The molecule has 18 heteroatoms. The maximum atomic E-state index is 13.9. The predicted octanol–water partition coefficient (Wildman–Crippen LogP) is 6.41. The second-order valence-corrected chi connectivity index (χ2v) is 15.3. The van der Waals surface area contributed by atoms with Crippen LogP contribution in [0.5, 0.6) is 11.5 Å². The van der Waals surface area contributed by atoms with E-state index in [0.717, 1.165) is 4.57 Å². The van der Waals surface area contributed by atoms with E-state index >= 15 is 0 Å². The van der Waals surface area contributed by atoms with Gasteiger partial charge < -0.3 is 19.1 Å². The average molecular weight is 805 g/mol. The molecule has 1 aromatic heterocycles. The summed E-state index contributed by atoms with van der Waals surface area (Å²) in [5.74, 6) is -0.710. The molecule has 5 aromatic rings. The average Bonchev–Trinajstić information content (AvgIpc) is 3.67. The van der Waals surface area contributed by atoms with Crippen LogP contribution in [0.2, 0.25) is 0 Å². The first-order valence-electron chi connectivity index (χ1n) is 16.8. The SMILES string of the molecule is Cc1cn([C@H]2C=C[C@@H](COP(=O)(O)OP(=O)(OCc3ccc(OC(=O)c4ccccc4)cc3)OCc3ccc(OC(=O)c4ccccc4)cc3)O2)c(=O)[nH]c1=O. The Bertz CT molecular complexity index is 2300. The first-order chi connectivity index (χ1) is 26.8. The van der Waals surface area contributed by atoms with Crippen LogP contribution in [0.3, 0.4) is 0 Å². The van der Waals surface area contributed by atoms with Crippen molar-refractivity contribution in [2.24, 2.45) is 0 Å². The minimum atomic E-state index is -5.19. The summed E-state index contributed by atoms with van der Waals surface area (Å²) in [5, 5.41) is 0. The van der Waals surface area contributed by atoms with Crippen molar-refractivity contribution in [3.05, 3.63) is 176 Å². The van der Waals surface area contributed by atoms with E-state index in [0.29, 0.717) is 22.3 Å². The van der Waals surface area contributed by atoms with Crippen LogP contribution < -0.4 is 20.7 Å². The number of aromatic nitrogens is 2. The molecule has 0 aliphatic carbocycles. The minimum Gasteiger partial charge on any atom is -0.423 e. The van der Waals surface area contributed by atoms with Crippen molar-refractivity contribution >= 4 is 27.6 Å². The summed E-state index contributed by atoms with van der Waals surface area (Å²) in [6.07, 6.45) is 2.35. The van der Waals surface area contributed by atoms with E-state index in [1.807, 2.05) is 0 Å². The number of aromatic amines is 1. The molecule has 1 aliphatic rings. The molecule has 4 aromatic carbocycles. The normalized spacial score (nSPS) is 16.2. The molecule has 2 N–H and O–H groups in total. The molecule has 3 atom stereocenters. The maximum Gasteiger partial charge on any atom is 0.484 e. The summed E-state index contributed by atoms with van der Waals surface area (Å²) in [6.45, 7) is 0.0434. The van der Waals surface area contributed by atoms with E-state index in [1.165, 1.54) is 73.8 Å². The van der Waals surface area contributed by atoms with Crippen molar-refractivity contribution in [3.63, 3.8) is 0 Å². The van der Waals surface area contributed by atoms with Gasteiger partial charge in [-0.3, -0.25) is 27.9 Å². The maximum absolute atomic E-state index is 13.9. The molecule has 56 heavy (non-hydrogen) atoms. The van der Waals surface area contributed by atoms with E-state index in [2.05, 4.69) is 4.98 Å². The molecule has 2 heterocycles. The van der Waals surface area contributed by atoms with Crippen molar-refractivity contribution in [1.82, 2.24) is 9.55 Å². The Morgan fingerprint density at radius 2 is 1.23 bits per heavy atom. The van der Waals surface area contributed by atoms with Crippen LogP contribution in [-0.2, 0) is 45.0 Å². The Morgan fingerprint density at radius 3 is 1.73 bits per heavy atom. The highest BCUT2D eigenvalue weighted by molar-refractivity contribution is 7.61. The fourth-order valence-corrected chi connectivity index (χ4v) is 7.61. The summed E-state index contributed by atoms with van der Waals surface area (Å²) in [5.41, 5.74) is 0.482. The molecule has 0 amide bonds. The van der Waals surface area contributed by atoms with Crippen molar-refractivity contribution in [3.8, 4) is 11.5 Å². The zero-order chi connectivity index (χ0) is 39.7. The molecule has 0 bridgehead atoms. The second-order valence-electron chi connectivity index (χ2n) is 12.1. The van der Waals surface area contributed by atoms with Crippen molar-refractivity contribution in [1.29, 1.82) is 0 Å². The number of phosphoric acid groups is 2. The molecule has 0 saturated heterocycles. The molecular weight excluding hydrogens is 770 g/mol. The predicted molar refractivity (Wildman–Crippen MR) is 199 cm³/mol. The van der Waals surface area contributed by atoms with Gasteiger partial charge in [0.15, 0.2) is 6.23 Å². The van der Waals surface area contributed by atoms with Gasteiger partial charge in [-0.1, -0.05) is 66.7 Å². The number of ether oxygens (including phenoxy) is 3. The van der Waals surface area contributed by atoms with Crippen LogP contribution in [0, 0.1) is 6.92 Å². The lowest BCUT2D eigenvalue weighted by molar-refractivity contribution is -0.0110. The lowest BCUT2D eigenvalue weighted by atomic mass is 10.2. The summed E-state index contributed by atoms with van der Waals surface area (Å²) >= 11 is 0. The molecule has 1 aliphatic heterocycles. The van der Waals surface area contributed by atoms with Gasteiger partial charge in [-0.25, -0.2) is 23.5 Å². The van der Waals surface area contributed by atoms with E-state index in [1.54, 1.807) is 60.7 Å². The van der Waals surface area contributed by atoms with Gasteiger partial charge in [0.1, 0.15) is 17.6 Å². The minimum absolute atomic E-state index is 0.218. The molecule has 0 radical (unpaired) electrons. The highest BCUT2D eigenvalue weighted by Gasteiger charge is 2.39. The van der Waals surface area contributed by atoms with Crippen molar-refractivity contribution in [2.75, 3.05) is 6.61 Å². The fraction of sp³-hybridized carbons (Fsp3) is 0.158. The number of nitrogens with zero attached hydrogens (tertiary/aromatic N) is 1. The Hall–Kier alpha value is -5.54. The fourth-order valence-electron chi connectivity index (χ4n) is 5.01. The summed E-state index contributed by atoms with van der Waals surface area (Å²) < 4.78 is 65.7. The third kappa shape index (κ3) is 11.0. The quantitative estimate of drug-likeness (QED) is 0.0478. The van der Waals surface area contributed by atoms with Gasteiger partial charge in [-0.2, -0.15) is 4.31 Å². The van der Waals surface area contributed by atoms with Crippen LogP contribution in [0.15, 0.2) is 137 Å². The number of carbonyl (C=O) groups is 2. The van der Waals surface area contributed by atoms with Gasteiger partial charge in [0.2, 0.25) is 0 Å². The van der Waals surface area contributed by atoms with E-state index in [4.69, 9.17) is 32.1 Å². The number of benzene rings is 4. The van der Waals surface area contributed by atoms with Gasteiger partial charge in [0, 0.05) is 11.8 Å². The zero-order valence-electron chi connectivity index (χ0n) is 29.5. The number of carbonyl (C=O) groups excluding carboxylic acids is 2. The van der Waals surface area contributed by atoms with Crippen LogP contribution in [0.4, 0.5) is 0 Å². The Balaban J connectivity index is 1.10. The molecule has 0 fully saturated rings. The molecule has 1 unspecified atom stereocenters. The highest BCUT2D eigenvalue weighted by Crippen LogP contribution is 2.64. The Morgan fingerprint density at radius 1 is 0.732 bits per heavy atom. The number of rotatable bonds is 16. The van der Waals surface area contributed by atoms with E-state index in [9.17, 15) is 33.2 Å². The molecule has 16 nitrogen and oxygen atoms in total. The van der Waals surface area contributed by atoms with Crippen LogP contribution in [0.25, 0.3) is 0 Å². The number of aryl methyl sites for hydroxylation is 1. The Labute approximate surface area is 319 Å². The third-order valence-electron chi connectivity index (χ3n) is 7.90. The van der Waals surface area contributed by atoms with Crippen LogP contribution in [0.1, 0.15) is 43.6 Å². The monoisotopic (exact) mass is 804 g/mol. The summed E-state index contributed by atoms with van der Waals surface area (Å²) in [6, 6.07) is 28.7. The molecule has 0 spiro atoms. The summed E-state index contributed by atoms with van der Waals surface area (Å²) in [7, 11) is -10.1. The van der Waals surface area contributed by atoms with Crippen molar-refractivity contribution < 1.29 is 55.7 Å². The molecule has 290 valence electrons. The lowest BCUT2D eigenvalue weighted by Gasteiger charge is -2.22. The van der Waals surface area contributed by atoms with Gasteiger partial charge in [-0.15, -0.1) is 0 Å². The number of H-pyrrole nitrogens is 1. The highest BCUT2D eigenvalue weighted by atomic mass is 31.3. The van der Waals surface area contributed by atoms with Crippen LogP contribution >= 0.6 is 15.6 Å². The molecule has 6 rings (SSSR count). The van der Waals surface area contributed by atoms with Crippen LogP contribution in [-0.4, -0.2) is 39.1 Å². The second kappa shape index (κ2) is 17.9. The van der Waals surface area contributed by atoms with Gasteiger partial charge in [-0.05, 0) is 72.7 Å². The van der Waals surface area contributed by atoms with Gasteiger partial charge in [0.25, 0.3) is 5.56 Å². The van der Waals surface area contributed by atoms with E-state index in [-0.39, 0.29) is 17.1 Å². The lowest BCUT2D eigenvalue weighted by Crippen LogP contribution is -2.33. The summed E-state index contributed by atoms with van der Waals surface area (Å²) in [4.78, 5) is 61.7. The first kappa shape index (κ1) is 40.1. The number of esters is 2. The topological polar surface area (TPSA) is 208 Å². The number of phosphoric ester groups is 2. The number of hydrogen-bond donors (Lipinski definition) is 2. The van der Waals surface area contributed by atoms with Gasteiger partial charge >= 0.3 is 33.3 Å². The molecular formula is C38H34N2O14P2. The van der Waals surface area contributed by atoms with Crippen molar-refractivity contribution in [2.45, 2.75) is 32.5 Å². The van der Waals surface area contributed by atoms with E-state index < -0.39 is 71.0 Å². The largest absolute Gasteiger partial charge is 0.484 e. The Kier molecular flexibility index (Phi) is 12.9. The standard InChI is InChI=1S/C38H34N2O14P2/c1-26-22-40(38(44)39-35(26)41)34-21-20-33(51-34)25-48-55(45,46)54-56(47,49-23-27-12-16-31(17-13-27)52-36(42)29-8-4-2-5-9-29)50-24-28-14-18-32(19-15-28)53-37(43)30-10-6-3-7-11-30/h2-22,33-34H,23-25H2,1H3,(H,45,46)(H,39,41,44)/t33-,34+/m0/s1. The number of nitrogens with one attached hydrogen (secondary N) is 1. The molecule has 0 saturated carbocycles. The number of hydrogen-bond acceptors (Lipinski definition) is 13. The zero-order valence-corrected chi connectivity index (χ0v) is 31.3. The third-order valence-corrected chi connectivity index (χ3v) is 10.9. The first-order valence-corrected chi connectivity index (χ1v) is 19.8.